The van der Waals surface area contributed by atoms with E-state index < -0.39 is 0 Å². The van der Waals surface area contributed by atoms with Crippen LogP contribution < -0.4 is 4.90 Å². The molecule has 152 valence electrons. The molecule has 4 rings (SSSR count). The first-order chi connectivity index (χ1) is 14.1. The average molecular weight is 427 g/mol. The molecule has 1 saturated heterocycles. The molecule has 1 atom stereocenters. The molecule has 2 heterocycles. The first-order valence-electron chi connectivity index (χ1n) is 10.0. The molecule has 1 aliphatic rings. The molecule has 1 amide bonds. The van der Waals surface area contributed by atoms with E-state index >= 15 is 0 Å². The lowest BCUT2D eigenvalue weighted by Gasteiger charge is -2.23. The minimum Gasteiger partial charge on any atom is -0.376 e. The van der Waals surface area contributed by atoms with Gasteiger partial charge < -0.3 is 4.74 Å². The maximum absolute atomic E-state index is 13.5. The van der Waals surface area contributed by atoms with Gasteiger partial charge in [0.25, 0.3) is 5.91 Å². The summed E-state index contributed by atoms with van der Waals surface area (Å²) in [7, 11) is 0. The van der Waals surface area contributed by atoms with Crippen LogP contribution in [-0.4, -0.2) is 36.4 Å². The Kier molecular flexibility index (Phi) is 6.23. The number of carbonyl (C=O) groups is 1. The molecule has 0 bridgehead atoms. The summed E-state index contributed by atoms with van der Waals surface area (Å²) in [6.45, 7) is 5.67. The number of hydrogen-bond acceptors (Lipinski definition) is 5. The van der Waals surface area contributed by atoms with E-state index in [1.807, 2.05) is 35.4 Å². The number of hydrogen-bond donors (Lipinski definition) is 0. The monoisotopic (exact) mass is 426 g/mol. The number of ether oxygens (including phenoxy) is 1. The fourth-order valence-electron chi connectivity index (χ4n) is 3.69. The number of para-hydroxylation sites is 1. The topological polar surface area (TPSA) is 42.4 Å². The average Bonchev–Trinajstić information content (AvgIpc) is 3.40. The Balaban J connectivity index is 1.74. The lowest BCUT2D eigenvalue weighted by Crippen LogP contribution is -2.37. The summed E-state index contributed by atoms with van der Waals surface area (Å²) in [5.74, 6) is 0.371. The third kappa shape index (κ3) is 4.34. The highest BCUT2D eigenvalue weighted by Crippen LogP contribution is 2.35. The van der Waals surface area contributed by atoms with Gasteiger partial charge in [0, 0.05) is 17.1 Å². The number of rotatable bonds is 6. The highest BCUT2D eigenvalue weighted by Gasteiger charge is 2.27. The first kappa shape index (κ1) is 20.4. The number of aromatic nitrogens is 1. The molecule has 0 radical (unpaired) electrons. The molecule has 6 heteroatoms. The summed E-state index contributed by atoms with van der Waals surface area (Å²) in [4.78, 5) is 21.4. The Morgan fingerprint density at radius 2 is 2.14 bits per heavy atom. The zero-order chi connectivity index (χ0) is 20.4. The normalized spacial score (nSPS) is 16.6. The van der Waals surface area contributed by atoms with Crippen molar-refractivity contribution in [2.24, 2.45) is 0 Å². The van der Waals surface area contributed by atoms with Gasteiger partial charge in [-0.3, -0.25) is 9.69 Å². The van der Waals surface area contributed by atoms with E-state index in [1.54, 1.807) is 23.1 Å². The van der Waals surface area contributed by atoms with Crippen molar-refractivity contribution in [1.29, 1.82) is 0 Å². The van der Waals surface area contributed by atoms with Gasteiger partial charge in [-0.1, -0.05) is 43.4 Å². The smallest absolute Gasteiger partial charge is 0.260 e. The second kappa shape index (κ2) is 8.86. The molecule has 2 aromatic carbocycles. The number of nitrogens with zero attached hydrogens (tertiary/aromatic N) is 2. The Bertz CT molecular complexity index is 1010. The van der Waals surface area contributed by atoms with E-state index in [-0.39, 0.29) is 12.0 Å². The summed E-state index contributed by atoms with van der Waals surface area (Å²) < 4.78 is 6.97. The number of thiazole rings is 1. The van der Waals surface area contributed by atoms with Gasteiger partial charge in [0.2, 0.25) is 0 Å². The van der Waals surface area contributed by atoms with Crippen LogP contribution in [-0.2, 0) is 4.74 Å². The lowest BCUT2D eigenvalue weighted by molar-refractivity contribution is 0.0917. The number of fused-ring (bicyclic) bond motifs is 1. The van der Waals surface area contributed by atoms with Crippen LogP contribution in [0.1, 0.15) is 48.5 Å². The van der Waals surface area contributed by atoms with Crippen molar-refractivity contribution in [2.45, 2.75) is 43.6 Å². The van der Waals surface area contributed by atoms with Crippen molar-refractivity contribution >= 4 is 44.4 Å². The van der Waals surface area contributed by atoms with E-state index in [0.29, 0.717) is 18.0 Å². The van der Waals surface area contributed by atoms with Crippen LogP contribution in [0.3, 0.4) is 0 Å². The summed E-state index contributed by atoms with van der Waals surface area (Å²) in [6, 6.07) is 14.1. The molecule has 0 spiro atoms. The number of benzene rings is 2. The molecule has 1 aliphatic heterocycles. The summed E-state index contributed by atoms with van der Waals surface area (Å²) in [5, 5.41) is 0.753. The molecule has 1 unspecified atom stereocenters. The molecule has 3 aromatic rings. The van der Waals surface area contributed by atoms with Crippen LogP contribution in [0.2, 0.25) is 0 Å². The SMILES string of the molecule is CSc1cccc(C(=O)N(CC2CCCO2)c2nc3c(C(C)C)cccc3s2)c1. The molecule has 0 saturated carbocycles. The largest absolute Gasteiger partial charge is 0.376 e. The Labute approximate surface area is 180 Å². The molecule has 1 aromatic heterocycles. The van der Waals surface area contributed by atoms with Gasteiger partial charge in [-0.2, -0.15) is 0 Å². The minimum absolute atomic E-state index is 0.0125. The highest BCUT2D eigenvalue weighted by molar-refractivity contribution is 7.98. The second-order valence-electron chi connectivity index (χ2n) is 7.63. The summed E-state index contributed by atoms with van der Waals surface area (Å²) in [5.41, 5.74) is 2.92. The minimum atomic E-state index is -0.0125. The van der Waals surface area contributed by atoms with Gasteiger partial charge in [0.1, 0.15) is 0 Å². The molecule has 0 aliphatic carbocycles. The van der Waals surface area contributed by atoms with Crippen molar-refractivity contribution in [1.82, 2.24) is 4.98 Å². The fraction of sp³-hybridized carbons (Fsp3) is 0.391. The number of anilines is 1. The second-order valence-corrected chi connectivity index (χ2v) is 9.52. The van der Waals surface area contributed by atoms with Gasteiger partial charge in [-0.05, 0) is 54.8 Å². The summed E-state index contributed by atoms with van der Waals surface area (Å²) in [6.07, 6.45) is 4.12. The van der Waals surface area contributed by atoms with Crippen molar-refractivity contribution in [3.63, 3.8) is 0 Å². The zero-order valence-electron chi connectivity index (χ0n) is 17.1. The van der Waals surface area contributed by atoms with E-state index in [1.165, 1.54) is 5.56 Å². The van der Waals surface area contributed by atoms with E-state index in [9.17, 15) is 4.79 Å². The third-order valence-corrected chi connectivity index (χ3v) is 7.03. The van der Waals surface area contributed by atoms with Gasteiger partial charge >= 0.3 is 0 Å². The first-order valence-corrected chi connectivity index (χ1v) is 12.1. The van der Waals surface area contributed by atoms with E-state index in [4.69, 9.17) is 9.72 Å². The molecule has 4 nitrogen and oxygen atoms in total. The maximum atomic E-state index is 13.5. The van der Waals surface area contributed by atoms with Crippen LogP contribution in [0, 0.1) is 0 Å². The Hall–Kier alpha value is -1.89. The molecular formula is C23H26N2O2S2. The zero-order valence-corrected chi connectivity index (χ0v) is 18.7. The van der Waals surface area contributed by atoms with Gasteiger partial charge in [-0.15, -0.1) is 11.8 Å². The van der Waals surface area contributed by atoms with Crippen LogP contribution in [0.15, 0.2) is 47.4 Å². The van der Waals surface area contributed by atoms with Crippen LogP contribution in [0.25, 0.3) is 10.2 Å². The Morgan fingerprint density at radius 1 is 1.31 bits per heavy atom. The predicted molar refractivity (Wildman–Crippen MR) is 123 cm³/mol. The quantitative estimate of drug-likeness (QED) is 0.456. The lowest BCUT2D eigenvalue weighted by atomic mass is 10.0. The standard InChI is InChI=1S/C23H26N2O2S2/c1-15(2)19-10-5-11-20-21(19)24-23(29-20)25(14-17-8-6-12-27-17)22(26)16-7-4-9-18(13-16)28-3/h4-5,7,9-11,13,15,17H,6,8,12,14H2,1-3H3. The van der Waals surface area contributed by atoms with Crippen molar-refractivity contribution in [3.8, 4) is 0 Å². The van der Waals surface area contributed by atoms with Gasteiger partial charge in [-0.25, -0.2) is 4.98 Å². The van der Waals surface area contributed by atoms with Crippen LogP contribution >= 0.6 is 23.1 Å². The van der Waals surface area contributed by atoms with Gasteiger partial charge in [0.05, 0.1) is 22.9 Å². The number of carbonyl (C=O) groups excluding carboxylic acids is 1. The highest BCUT2D eigenvalue weighted by atomic mass is 32.2. The molecule has 29 heavy (non-hydrogen) atoms. The number of amides is 1. The fourth-order valence-corrected chi connectivity index (χ4v) is 5.16. The van der Waals surface area contributed by atoms with Gasteiger partial charge in [0.15, 0.2) is 5.13 Å². The van der Waals surface area contributed by atoms with E-state index in [2.05, 4.69) is 32.0 Å². The molecule has 0 N–H and O–H groups in total. The van der Waals surface area contributed by atoms with E-state index in [0.717, 1.165) is 39.7 Å². The molecular weight excluding hydrogens is 400 g/mol. The van der Waals surface area contributed by atoms with Crippen LogP contribution in [0.5, 0.6) is 0 Å². The summed E-state index contributed by atoms with van der Waals surface area (Å²) >= 11 is 3.23. The maximum Gasteiger partial charge on any atom is 0.260 e. The van der Waals surface area contributed by atoms with Crippen LogP contribution in [0.4, 0.5) is 5.13 Å². The molecule has 1 fully saturated rings. The number of thioether (sulfide) groups is 1. The predicted octanol–water partition coefficient (Wildman–Crippen LogP) is 5.97. The third-order valence-electron chi connectivity index (χ3n) is 5.26. The van der Waals surface area contributed by atoms with Crippen molar-refractivity contribution < 1.29 is 9.53 Å². The van der Waals surface area contributed by atoms with Crippen molar-refractivity contribution in [2.75, 3.05) is 24.3 Å². The Morgan fingerprint density at radius 3 is 2.86 bits per heavy atom. The van der Waals surface area contributed by atoms with Crippen molar-refractivity contribution in [3.05, 3.63) is 53.6 Å².